The number of methoxy groups -OCH3 is 1. The van der Waals surface area contributed by atoms with Crippen LogP contribution in [0.3, 0.4) is 0 Å². The smallest absolute Gasteiger partial charge is 0.167 e. The number of anilines is 2. The summed E-state index contributed by atoms with van der Waals surface area (Å²) in [6, 6.07) is 2.86. The van der Waals surface area contributed by atoms with E-state index in [-0.39, 0.29) is 5.75 Å². The molecule has 1 aliphatic rings. The Hall–Kier alpha value is -1.30. The highest BCUT2D eigenvalue weighted by Gasteiger charge is 2.19. The highest BCUT2D eigenvalue weighted by molar-refractivity contribution is 7.85. The lowest BCUT2D eigenvalue weighted by molar-refractivity contribution is 0.386. The van der Waals surface area contributed by atoms with Crippen LogP contribution in [0.2, 0.25) is 0 Å². The first-order valence-corrected chi connectivity index (χ1v) is 6.83. The van der Waals surface area contributed by atoms with E-state index >= 15 is 0 Å². The summed E-state index contributed by atoms with van der Waals surface area (Å²) >= 11 is 0. The van der Waals surface area contributed by atoms with Gasteiger partial charge >= 0.3 is 0 Å². The largest absolute Gasteiger partial charge is 0.494 e. The Balaban J connectivity index is 2.28. The maximum Gasteiger partial charge on any atom is 0.167 e. The molecule has 0 atom stereocenters. The Morgan fingerprint density at radius 3 is 2.65 bits per heavy atom. The van der Waals surface area contributed by atoms with Crippen LogP contribution in [0.5, 0.6) is 5.75 Å². The number of hydrogen-bond donors (Lipinski definition) is 1. The van der Waals surface area contributed by atoms with Crippen molar-refractivity contribution in [2.24, 2.45) is 0 Å². The second-order valence-electron chi connectivity index (χ2n) is 3.88. The zero-order valence-electron chi connectivity index (χ0n) is 9.61. The SMILES string of the molecule is COc1cc(N2CCS(=O)CC2)c(N)cc1F. The molecular formula is C11H15FN2O2S. The Morgan fingerprint density at radius 2 is 2.06 bits per heavy atom. The van der Waals surface area contributed by atoms with Crippen molar-refractivity contribution in [2.75, 3.05) is 42.3 Å². The molecule has 6 heteroatoms. The molecule has 2 rings (SSSR count). The van der Waals surface area contributed by atoms with Gasteiger partial charge < -0.3 is 15.4 Å². The molecular weight excluding hydrogens is 243 g/mol. The standard InChI is InChI=1S/C11H15FN2O2S/c1-16-11-7-10(9(13)6-8(11)12)14-2-4-17(15)5-3-14/h6-7H,2-5,13H2,1H3. The molecule has 94 valence electrons. The van der Waals surface area contributed by atoms with Crippen molar-refractivity contribution >= 4 is 22.2 Å². The average molecular weight is 258 g/mol. The number of nitrogen functional groups attached to an aromatic ring is 1. The Bertz CT molecular complexity index is 443. The zero-order chi connectivity index (χ0) is 12.4. The maximum atomic E-state index is 13.4. The van der Waals surface area contributed by atoms with Crippen LogP contribution in [0, 0.1) is 5.82 Å². The van der Waals surface area contributed by atoms with E-state index in [1.165, 1.54) is 13.2 Å². The number of nitrogens with two attached hydrogens (primary N) is 1. The third-order valence-corrected chi connectivity index (χ3v) is 4.10. The van der Waals surface area contributed by atoms with Crippen molar-refractivity contribution in [3.8, 4) is 5.75 Å². The maximum absolute atomic E-state index is 13.4. The average Bonchev–Trinajstić information content (AvgIpc) is 2.31. The van der Waals surface area contributed by atoms with E-state index in [2.05, 4.69) is 0 Å². The molecule has 0 saturated carbocycles. The van der Waals surface area contributed by atoms with Gasteiger partial charge in [0.05, 0.1) is 18.5 Å². The fourth-order valence-electron chi connectivity index (χ4n) is 1.87. The van der Waals surface area contributed by atoms with Gasteiger partial charge in [0, 0.05) is 47.5 Å². The van der Waals surface area contributed by atoms with Crippen LogP contribution in [-0.4, -0.2) is 35.9 Å². The van der Waals surface area contributed by atoms with Crippen molar-refractivity contribution in [3.63, 3.8) is 0 Å². The van der Waals surface area contributed by atoms with Crippen LogP contribution < -0.4 is 15.4 Å². The van der Waals surface area contributed by atoms with Gasteiger partial charge in [-0.25, -0.2) is 4.39 Å². The first kappa shape index (κ1) is 12.2. The van der Waals surface area contributed by atoms with E-state index in [0.29, 0.717) is 30.3 Å². The van der Waals surface area contributed by atoms with Crippen LogP contribution in [0.15, 0.2) is 12.1 Å². The molecule has 0 bridgehead atoms. The molecule has 0 amide bonds. The van der Waals surface area contributed by atoms with Gasteiger partial charge in [-0.3, -0.25) is 4.21 Å². The van der Waals surface area contributed by atoms with Crippen LogP contribution in [0.25, 0.3) is 0 Å². The van der Waals surface area contributed by atoms with Crippen LogP contribution in [0.1, 0.15) is 0 Å². The summed E-state index contributed by atoms with van der Waals surface area (Å²) in [5.74, 6) is 0.966. The first-order valence-electron chi connectivity index (χ1n) is 5.34. The second-order valence-corrected chi connectivity index (χ2v) is 5.58. The summed E-state index contributed by atoms with van der Waals surface area (Å²) in [4.78, 5) is 2.01. The highest BCUT2D eigenvalue weighted by atomic mass is 32.2. The van der Waals surface area contributed by atoms with E-state index in [1.54, 1.807) is 6.07 Å². The van der Waals surface area contributed by atoms with Crippen LogP contribution in [-0.2, 0) is 10.8 Å². The molecule has 1 saturated heterocycles. The van der Waals surface area contributed by atoms with E-state index in [4.69, 9.17) is 10.5 Å². The van der Waals surface area contributed by atoms with Gasteiger partial charge in [0.2, 0.25) is 0 Å². The Kier molecular flexibility index (Phi) is 3.51. The fraction of sp³-hybridized carbons (Fsp3) is 0.455. The molecule has 0 spiro atoms. The summed E-state index contributed by atoms with van der Waals surface area (Å²) in [5.41, 5.74) is 6.93. The third-order valence-electron chi connectivity index (χ3n) is 2.82. The van der Waals surface area contributed by atoms with Gasteiger partial charge in [-0.15, -0.1) is 0 Å². The molecule has 0 unspecified atom stereocenters. The molecule has 1 aromatic rings. The lowest BCUT2D eigenvalue weighted by Gasteiger charge is -2.29. The minimum absolute atomic E-state index is 0.181. The predicted molar refractivity (Wildman–Crippen MR) is 67.5 cm³/mol. The summed E-state index contributed by atoms with van der Waals surface area (Å²) in [5, 5.41) is 0. The van der Waals surface area contributed by atoms with Crippen molar-refractivity contribution in [1.82, 2.24) is 0 Å². The first-order chi connectivity index (χ1) is 8.11. The lowest BCUT2D eigenvalue weighted by Crippen LogP contribution is -2.38. The summed E-state index contributed by atoms with van der Waals surface area (Å²) in [7, 11) is 0.680. The minimum atomic E-state index is -0.741. The van der Waals surface area contributed by atoms with Crippen molar-refractivity contribution < 1.29 is 13.3 Å². The van der Waals surface area contributed by atoms with E-state index in [0.717, 1.165) is 5.69 Å². The van der Waals surface area contributed by atoms with Crippen LogP contribution >= 0.6 is 0 Å². The van der Waals surface area contributed by atoms with Gasteiger partial charge in [0.1, 0.15) is 0 Å². The predicted octanol–water partition coefficient (Wildman–Crippen LogP) is 0.985. The summed E-state index contributed by atoms with van der Waals surface area (Å²) < 4.78 is 29.6. The molecule has 4 nitrogen and oxygen atoms in total. The number of halogens is 1. The van der Waals surface area contributed by atoms with Crippen molar-refractivity contribution in [3.05, 3.63) is 17.9 Å². The molecule has 0 aliphatic carbocycles. The van der Waals surface area contributed by atoms with E-state index in [1.807, 2.05) is 4.90 Å². The number of rotatable bonds is 2. The molecule has 1 heterocycles. The molecule has 2 N–H and O–H groups in total. The van der Waals surface area contributed by atoms with E-state index < -0.39 is 16.6 Å². The van der Waals surface area contributed by atoms with Gasteiger partial charge in [-0.2, -0.15) is 0 Å². The third kappa shape index (κ3) is 2.52. The molecule has 17 heavy (non-hydrogen) atoms. The zero-order valence-corrected chi connectivity index (χ0v) is 10.4. The summed E-state index contributed by atoms with van der Waals surface area (Å²) in [6.45, 7) is 1.34. The highest BCUT2D eigenvalue weighted by Crippen LogP contribution is 2.31. The molecule has 1 aliphatic heterocycles. The van der Waals surface area contributed by atoms with Gasteiger partial charge in [-0.1, -0.05) is 0 Å². The van der Waals surface area contributed by atoms with Gasteiger partial charge in [0.15, 0.2) is 11.6 Å². The van der Waals surface area contributed by atoms with E-state index in [9.17, 15) is 8.60 Å². The molecule has 0 aromatic heterocycles. The molecule has 0 radical (unpaired) electrons. The topological polar surface area (TPSA) is 55.6 Å². The normalized spacial score (nSPS) is 17.2. The van der Waals surface area contributed by atoms with Crippen LogP contribution in [0.4, 0.5) is 15.8 Å². The Labute approximate surface area is 102 Å². The summed E-state index contributed by atoms with van der Waals surface area (Å²) in [6.07, 6.45) is 0. The number of ether oxygens (including phenoxy) is 1. The Morgan fingerprint density at radius 1 is 1.41 bits per heavy atom. The number of nitrogens with zero attached hydrogens (tertiary/aromatic N) is 1. The second kappa shape index (κ2) is 4.91. The van der Waals surface area contributed by atoms with Crippen molar-refractivity contribution in [2.45, 2.75) is 0 Å². The molecule has 1 fully saturated rings. The lowest BCUT2D eigenvalue weighted by atomic mass is 10.2. The van der Waals surface area contributed by atoms with Gasteiger partial charge in [-0.05, 0) is 0 Å². The fourth-order valence-corrected chi connectivity index (χ4v) is 2.92. The minimum Gasteiger partial charge on any atom is -0.494 e. The number of benzene rings is 1. The van der Waals surface area contributed by atoms with Gasteiger partial charge in [0.25, 0.3) is 0 Å². The molecule has 1 aromatic carbocycles. The number of hydrogen-bond acceptors (Lipinski definition) is 4. The monoisotopic (exact) mass is 258 g/mol. The quantitative estimate of drug-likeness (QED) is 0.804. The van der Waals surface area contributed by atoms with Crippen molar-refractivity contribution in [1.29, 1.82) is 0 Å².